The maximum Gasteiger partial charge on any atom is 0.311 e. The van der Waals surface area contributed by atoms with Crippen molar-refractivity contribution in [2.24, 2.45) is 5.92 Å². The van der Waals surface area contributed by atoms with Crippen LogP contribution in [-0.2, 0) is 32.0 Å². The molecule has 31 heavy (non-hydrogen) atoms. The van der Waals surface area contributed by atoms with Crippen LogP contribution in [-0.4, -0.2) is 44.6 Å². The number of hydrogen-bond acceptors (Lipinski definition) is 5. The lowest BCUT2D eigenvalue weighted by atomic mass is 10.1. The summed E-state index contributed by atoms with van der Waals surface area (Å²) in [5.74, 6) is -0.785. The zero-order valence-corrected chi connectivity index (χ0v) is 17.9. The van der Waals surface area contributed by atoms with E-state index in [0.29, 0.717) is 13.0 Å². The van der Waals surface area contributed by atoms with Gasteiger partial charge in [-0.3, -0.25) is 14.4 Å². The molecular formula is C24H28N2O5. The lowest BCUT2D eigenvalue weighted by molar-refractivity contribution is -0.152. The Labute approximate surface area is 182 Å². The second kappa shape index (κ2) is 10.6. The van der Waals surface area contributed by atoms with E-state index in [1.807, 2.05) is 48.5 Å². The van der Waals surface area contributed by atoms with E-state index in [1.54, 1.807) is 12.0 Å². The molecule has 0 spiro atoms. The van der Waals surface area contributed by atoms with Crippen LogP contribution in [0.3, 0.4) is 0 Å². The molecule has 0 bridgehead atoms. The molecule has 7 heteroatoms. The monoisotopic (exact) mass is 424 g/mol. The third-order valence-corrected chi connectivity index (χ3v) is 5.36. The Balaban J connectivity index is 1.40. The first-order chi connectivity index (χ1) is 15.0. The van der Waals surface area contributed by atoms with Crippen LogP contribution in [0.2, 0.25) is 0 Å². The molecule has 0 aliphatic carbocycles. The highest BCUT2D eigenvalue weighted by molar-refractivity contribution is 5.99. The molecule has 7 nitrogen and oxygen atoms in total. The minimum absolute atomic E-state index is 0.0907. The standard InChI is InChI=1S/C24H28N2O5/c1-3-17-4-8-20(9-5-17)26-15-19(14-23(26)28)24(29)31-16-22(27)25-13-12-18-6-10-21(30-2)11-7-18/h4-11,19H,3,12-16H2,1-2H3,(H,25,27)/t19-/m1/s1. The Morgan fingerprint density at radius 2 is 1.74 bits per heavy atom. The maximum absolute atomic E-state index is 12.3. The molecule has 1 heterocycles. The van der Waals surface area contributed by atoms with E-state index >= 15 is 0 Å². The van der Waals surface area contributed by atoms with Crippen molar-refractivity contribution in [3.8, 4) is 5.75 Å². The number of carbonyl (C=O) groups is 3. The molecule has 0 unspecified atom stereocenters. The molecule has 1 N–H and O–H groups in total. The summed E-state index contributed by atoms with van der Waals surface area (Å²) in [7, 11) is 1.61. The number of benzene rings is 2. The Morgan fingerprint density at radius 1 is 1.06 bits per heavy atom. The molecule has 1 aliphatic heterocycles. The van der Waals surface area contributed by atoms with Gasteiger partial charge in [-0.05, 0) is 48.2 Å². The van der Waals surface area contributed by atoms with Crippen LogP contribution >= 0.6 is 0 Å². The molecular weight excluding hydrogens is 396 g/mol. The van der Waals surface area contributed by atoms with E-state index < -0.39 is 11.9 Å². The number of methoxy groups -OCH3 is 1. The molecule has 0 radical (unpaired) electrons. The minimum atomic E-state index is -0.564. The fraction of sp³-hybridized carbons (Fsp3) is 0.375. The van der Waals surface area contributed by atoms with Gasteiger partial charge in [-0.15, -0.1) is 0 Å². The van der Waals surface area contributed by atoms with Gasteiger partial charge in [0.25, 0.3) is 5.91 Å². The number of rotatable bonds is 9. The molecule has 1 fully saturated rings. The Bertz CT molecular complexity index is 909. The number of anilines is 1. The minimum Gasteiger partial charge on any atom is -0.497 e. The van der Waals surface area contributed by atoms with Crippen molar-refractivity contribution in [3.63, 3.8) is 0 Å². The molecule has 1 atom stereocenters. The Kier molecular flexibility index (Phi) is 7.65. The Hall–Kier alpha value is -3.35. The first kappa shape index (κ1) is 22.3. The average molecular weight is 424 g/mol. The summed E-state index contributed by atoms with van der Waals surface area (Å²) < 4.78 is 10.3. The second-order valence-corrected chi connectivity index (χ2v) is 7.48. The van der Waals surface area contributed by atoms with Gasteiger partial charge in [0.2, 0.25) is 5.91 Å². The first-order valence-electron chi connectivity index (χ1n) is 10.5. The summed E-state index contributed by atoms with van der Waals surface area (Å²) in [4.78, 5) is 38.2. The molecule has 164 valence electrons. The first-order valence-corrected chi connectivity index (χ1v) is 10.5. The van der Waals surface area contributed by atoms with Gasteiger partial charge in [0.05, 0.1) is 13.0 Å². The van der Waals surface area contributed by atoms with Crippen LogP contribution in [0.25, 0.3) is 0 Å². The van der Waals surface area contributed by atoms with Crippen LogP contribution in [0, 0.1) is 5.92 Å². The van der Waals surface area contributed by atoms with E-state index in [2.05, 4.69) is 12.2 Å². The van der Waals surface area contributed by atoms with E-state index in [1.165, 1.54) is 5.56 Å². The molecule has 0 saturated carbocycles. The number of nitrogens with zero attached hydrogens (tertiary/aromatic N) is 1. The quantitative estimate of drug-likeness (QED) is 0.626. The molecule has 1 saturated heterocycles. The maximum atomic E-state index is 12.3. The normalized spacial score (nSPS) is 15.6. The highest BCUT2D eigenvalue weighted by Crippen LogP contribution is 2.26. The van der Waals surface area contributed by atoms with Crippen molar-refractivity contribution in [2.45, 2.75) is 26.2 Å². The zero-order valence-electron chi connectivity index (χ0n) is 17.9. The van der Waals surface area contributed by atoms with E-state index in [9.17, 15) is 14.4 Å². The van der Waals surface area contributed by atoms with E-state index in [4.69, 9.17) is 9.47 Å². The third-order valence-electron chi connectivity index (χ3n) is 5.36. The number of nitrogens with one attached hydrogen (secondary N) is 1. The molecule has 0 aromatic heterocycles. The summed E-state index contributed by atoms with van der Waals surface area (Å²) in [5, 5.41) is 2.74. The molecule has 2 aromatic rings. The summed E-state index contributed by atoms with van der Waals surface area (Å²) >= 11 is 0. The van der Waals surface area contributed by atoms with Crippen molar-refractivity contribution in [2.75, 3.05) is 31.7 Å². The third kappa shape index (κ3) is 6.07. The lowest BCUT2D eigenvalue weighted by Gasteiger charge is -2.17. The lowest BCUT2D eigenvalue weighted by Crippen LogP contribution is -2.32. The van der Waals surface area contributed by atoms with Crippen molar-refractivity contribution >= 4 is 23.5 Å². The van der Waals surface area contributed by atoms with Crippen LogP contribution in [0.15, 0.2) is 48.5 Å². The van der Waals surface area contributed by atoms with Gasteiger partial charge >= 0.3 is 5.97 Å². The Morgan fingerprint density at radius 3 is 2.39 bits per heavy atom. The number of ether oxygens (including phenoxy) is 2. The topological polar surface area (TPSA) is 84.9 Å². The summed E-state index contributed by atoms with van der Waals surface area (Å²) in [5.41, 5.74) is 3.02. The van der Waals surface area contributed by atoms with Crippen molar-refractivity contribution in [1.29, 1.82) is 0 Å². The fourth-order valence-corrected chi connectivity index (χ4v) is 3.47. The average Bonchev–Trinajstić information content (AvgIpc) is 3.19. The van der Waals surface area contributed by atoms with Gasteiger partial charge in [-0.2, -0.15) is 0 Å². The van der Waals surface area contributed by atoms with Crippen LogP contribution < -0.4 is 15.0 Å². The predicted molar refractivity (Wildman–Crippen MR) is 117 cm³/mol. The number of esters is 1. The van der Waals surface area contributed by atoms with Crippen molar-refractivity contribution < 1.29 is 23.9 Å². The van der Waals surface area contributed by atoms with E-state index in [0.717, 1.165) is 23.4 Å². The van der Waals surface area contributed by atoms with Crippen LogP contribution in [0.4, 0.5) is 5.69 Å². The summed E-state index contributed by atoms with van der Waals surface area (Å²) in [6.45, 7) is 2.42. The van der Waals surface area contributed by atoms with Crippen LogP contribution in [0.1, 0.15) is 24.5 Å². The van der Waals surface area contributed by atoms with Crippen molar-refractivity contribution in [3.05, 3.63) is 59.7 Å². The largest absolute Gasteiger partial charge is 0.497 e. The molecule has 2 aromatic carbocycles. The number of amides is 2. The van der Waals surface area contributed by atoms with Crippen molar-refractivity contribution in [1.82, 2.24) is 5.32 Å². The molecule has 2 amide bonds. The van der Waals surface area contributed by atoms with Gasteiger partial charge in [-0.1, -0.05) is 31.2 Å². The second-order valence-electron chi connectivity index (χ2n) is 7.48. The summed E-state index contributed by atoms with van der Waals surface area (Å²) in [6.07, 6.45) is 1.67. The van der Waals surface area contributed by atoms with Gasteiger partial charge in [0.1, 0.15) is 5.75 Å². The predicted octanol–water partition coefficient (Wildman–Crippen LogP) is 2.51. The van der Waals surface area contributed by atoms with Crippen LogP contribution in [0.5, 0.6) is 5.75 Å². The van der Waals surface area contributed by atoms with Gasteiger partial charge < -0.3 is 19.7 Å². The molecule has 1 aliphatic rings. The number of carbonyl (C=O) groups excluding carboxylic acids is 3. The highest BCUT2D eigenvalue weighted by Gasteiger charge is 2.36. The highest BCUT2D eigenvalue weighted by atomic mass is 16.5. The van der Waals surface area contributed by atoms with Gasteiger partial charge in [-0.25, -0.2) is 0 Å². The number of hydrogen-bond donors (Lipinski definition) is 1. The number of aryl methyl sites for hydroxylation is 1. The van der Waals surface area contributed by atoms with E-state index in [-0.39, 0.29) is 31.4 Å². The van der Waals surface area contributed by atoms with Gasteiger partial charge in [0.15, 0.2) is 6.61 Å². The molecule has 3 rings (SSSR count). The fourth-order valence-electron chi connectivity index (χ4n) is 3.47. The summed E-state index contributed by atoms with van der Waals surface area (Å²) in [6, 6.07) is 15.3. The SMILES string of the molecule is CCc1ccc(N2C[C@H](C(=O)OCC(=O)NCCc3ccc(OC)cc3)CC2=O)cc1. The smallest absolute Gasteiger partial charge is 0.311 e. The zero-order chi connectivity index (χ0) is 22.2. The van der Waals surface area contributed by atoms with Gasteiger partial charge in [0, 0.05) is 25.2 Å².